The second kappa shape index (κ2) is 5.89. The van der Waals surface area contributed by atoms with Crippen LogP contribution in [-0.4, -0.2) is 49.8 Å². The number of likely N-dealkylation sites (tertiary alicyclic amines) is 1. The molecule has 1 aliphatic carbocycles. The maximum atomic E-state index is 5.80. The molecular weight excluding hydrogens is 224 g/mol. The molecule has 1 N–H and O–H groups in total. The Bertz CT molecular complexity index is 267. The summed E-state index contributed by atoms with van der Waals surface area (Å²) in [5, 5.41) is 3.68. The molecule has 104 valence electrons. The maximum Gasteiger partial charge on any atom is 0.0613 e. The summed E-state index contributed by atoms with van der Waals surface area (Å²) in [6.07, 6.45) is 7.21. The maximum absolute atomic E-state index is 5.80. The van der Waals surface area contributed by atoms with E-state index in [9.17, 15) is 0 Å². The Morgan fingerprint density at radius 3 is 2.89 bits per heavy atom. The van der Waals surface area contributed by atoms with Crippen LogP contribution in [0.3, 0.4) is 0 Å². The largest absolute Gasteiger partial charge is 0.378 e. The Morgan fingerprint density at radius 1 is 1.22 bits per heavy atom. The van der Waals surface area contributed by atoms with Gasteiger partial charge in [-0.05, 0) is 57.0 Å². The van der Waals surface area contributed by atoms with Crippen LogP contribution in [0.1, 0.15) is 39.0 Å². The molecule has 3 unspecified atom stereocenters. The van der Waals surface area contributed by atoms with Crippen molar-refractivity contribution in [3.8, 4) is 0 Å². The molecule has 18 heavy (non-hydrogen) atoms. The lowest BCUT2D eigenvalue weighted by molar-refractivity contribution is 0.0779. The highest BCUT2D eigenvalue weighted by Gasteiger charge is 2.31. The molecule has 2 aliphatic heterocycles. The average molecular weight is 252 g/mol. The van der Waals surface area contributed by atoms with Crippen molar-refractivity contribution in [2.24, 2.45) is 11.8 Å². The summed E-state index contributed by atoms with van der Waals surface area (Å²) in [6.45, 7) is 8.40. The molecule has 0 amide bonds. The zero-order valence-corrected chi connectivity index (χ0v) is 11.7. The Balaban J connectivity index is 1.38. The van der Waals surface area contributed by atoms with E-state index in [0.717, 1.165) is 24.5 Å². The van der Waals surface area contributed by atoms with Crippen molar-refractivity contribution in [1.82, 2.24) is 10.2 Å². The molecule has 3 nitrogen and oxygen atoms in total. The fourth-order valence-corrected chi connectivity index (χ4v) is 3.55. The van der Waals surface area contributed by atoms with Gasteiger partial charge in [0.1, 0.15) is 0 Å². The van der Waals surface area contributed by atoms with Crippen LogP contribution in [0.15, 0.2) is 0 Å². The second-order valence-corrected chi connectivity index (χ2v) is 6.46. The van der Waals surface area contributed by atoms with Gasteiger partial charge in [-0.3, -0.25) is 0 Å². The second-order valence-electron chi connectivity index (χ2n) is 6.46. The molecule has 3 fully saturated rings. The number of nitrogens with one attached hydrogen (secondary N) is 1. The molecule has 3 rings (SSSR count). The van der Waals surface area contributed by atoms with Gasteiger partial charge in [0.25, 0.3) is 0 Å². The predicted octanol–water partition coefficient (Wildman–Crippen LogP) is 1.88. The van der Waals surface area contributed by atoms with Gasteiger partial charge in [0.2, 0.25) is 0 Å². The molecule has 3 heteroatoms. The number of ether oxygens (including phenoxy) is 1. The minimum atomic E-state index is 0.536. The molecule has 0 bridgehead atoms. The van der Waals surface area contributed by atoms with Crippen LogP contribution in [-0.2, 0) is 4.74 Å². The van der Waals surface area contributed by atoms with Crippen molar-refractivity contribution in [2.45, 2.75) is 51.2 Å². The van der Waals surface area contributed by atoms with E-state index in [-0.39, 0.29) is 0 Å². The van der Waals surface area contributed by atoms with Crippen LogP contribution in [0, 0.1) is 11.8 Å². The van der Waals surface area contributed by atoms with Crippen LogP contribution in [0.2, 0.25) is 0 Å². The third-order valence-electron chi connectivity index (χ3n) is 4.88. The summed E-state index contributed by atoms with van der Waals surface area (Å²) < 4.78 is 5.80. The monoisotopic (exact) mass is 252 g/mol. The van der Waals surface area contributed by atoms with Crippen molar-refractivity contribution in [3.05, 3.63) is 0 Å². The lowest BCUT2D eigenvalue weighted by Crippen LogP contribution is -2.33. The smallest absolute Gasteiger partial charge is 0.0613 e. The third kappa shape index (κ3) is 3.25. The Morgan fingerprint density at radius 2 is 2.11 bits per heavy atom. The number of hydrogen-bond donors (Lipinski definition) is 1. The van der Waals surface area contributed by atoms with E-state index in [1.807, 2.05) is 0 Å². The van der Waals surface area contributed by atoms with E-state index in [4.69, 9.17) is 4.74 Å². The molecule has 0 aromatic carbocycles. The summed E-state index contributed by atoms with van der Waals surface area (Å²) >= 11 is 0. The van der Waals surface area contributed by atoms with Crippen LogP contribution < -0.4 is 5.32 Å². The van der Waals surface area contributed by atoms with Crippen molar-refractivity contribution < 1.29 is 4.74 Å². The summed E-state index contributed by atoms with van der Waals surface area (Å²) in [6, 6.07) is 0.867. The summed E-state index contributed by atoms with van der Waals surface area (Å²) in [4.78, 5) is 2.68. The van der Waals surface area contributed by atoms with E-state index in [1.165, 1.54) is 58.3 Å². The molecule has 0 aromatic heterocycles. The van der Waals surface area contributed by atoms with Crippen LogP contribution in [0.5, 0.6) is 0 Å². The van der Waals surface area contributed by atoms with Gasteiger partial charge in [0.15, 0.2) is 0 Å². The lowest BCUT2D eigenvalue weighted by atomic mass is 9.99. The van der Waals surface area contributed by atoms with Gasteiger partial charge in [0.05, 0.1) is 6.10 Å². The molecule has 0 spiro atoms. The Hall–Kier alpha value is -0.120. The minimum absolute atomic E-state index is 0.536. The molecule has 0 aromatic rings. The highest BCUT2D eigenvalue weighted by atomic mass is 16.5. The fourth-order valence-electron chi connectivity index (χ4n) is 3.55. The number of hydrogen-bond acceptors (Lipinski definition) is 3. The normalized spacial score (nSPS) is 37.5. The molecule has 2 saturated heterocycles. The van der Waals surface area contributed by atoms with Crippen LogP contribution in [0.25, 0.3) is 0 Å². The van der Waals surface area contributed by atoms with Gasteiger partial charge in [-0.2, -0.15) is 0 Å². The first kappa shape index (κ1) is 12.9. The van der Waals surface area contributed by atoms with Gasteiger partial charge in [-0.25, -0.2) is 0 Å². The quantitative estimate of drug-likeness (QED) is 0.781. The van der Waals surface area contributed by atoms with Gasteiger partial charge >= 0.3 is 0 Å². The van der Waals surface area contributed by atoms with Crippen molar-refractivity contribution in [3.63, 3.8) is 0 Å². The van der Waals surface area contributed by atoms with Crippen molar-refractivity contribution >= 4 is 0 Å². The van der Waals surface area contributed by atoms with E-state index in [1.54, 1.807) is 0 Å². The van der Waals surface area contributed by atoms with E-state index in [2.05, 4.69) is 17.1 Å². The number of nitrogens with zero attached hydrogens (tertiary/aromatic N) is 1. The third-order valence-corrected chi connectivity index (χ3v) is 4.88. The van der Waals surface area contributed by atoms with Gasteiger partial charge < -0.3 is 15.0 Å². The molecule has 0 radical (unpaired) electrons. The average Bonchev–Trinajstić information content (AvgIpc) is 2.93. The molecule has 3 aliphatic rings. The molecule has 1 saturated carbocycles. The zero-order chi connectivity index (χ0) is 12.4. The SMILES string of the molecule is CCC1OCCC1CN1CCC(CNC2CC2)C1. The van der Waals surface area contributed by atoms with E-state index < -0.39 is 0 Å². The predicted molar refractivity (Wildman–Crippen MR) is 73.7 cm³/mol. The minimum Gasteiger partial charge on any atom is -0.378 e. The molecule has 3 atom stereocenters. The highest BCUT2D eigenvalue weighted by Crippen LogP contribution is 2.27. The highest BCUT2D eigenvalue weighted by molar-refractivity contribution is 4.86. The van der Waals surface area contributed by atoms with E-state index in [0.29, 0.717) is 6.10 Å². The van der Waals surface area contributed by atoms with Crippen molar-refractivity contribution in [1.29, 1.82) is 0 Å². The lowest BCUT2D eigenvalue weighted by Gasteiger charge is -2.23. The first-order chi connectivity index (χ1) is 8.85. The molecule has 2 heterocycles. The van der Waals surface area contributed by atoms with E-state index >= 15 is 0 Å². The van der Waals surface area contributed by atoms with Crippen LogP contribution >= 0.6 is 0 Å². The summed E-state index contributed by atoms with van der Waals surface area (Å²) in [7, 11) is 0. The Kier molecular flexibility index (Phi) is 4.22. The number of rotatable bonds is 6. The van der Waals surface area contributed by atoms with Crippen LogP contribution in [0.4, 0.5) is 0 Å². The topological polar surface area (TPSA) is 24.5 Å². The summed E-state index contributed by atoms with van der Waals surface area (Å²) in [5.41, 5.74) is 0. The first-order valence-corrected chi connectivity index (χ1v) is 7.92. The Labute approximate surface area is 111 Å². The standard InChI is InChI=1S/C15H28N2O/c1-2-15-13(6-8-18-15)11-17-7-5-12(10-17)9-16-14-3-4-14/h12-16H,2-11H2,1H3. The first-order valence-electron chi connectivity index (χ1n) is 7.92. The van der Waals surface area contributed by atoms with Gasteiger partial charge in [0, 0.05) is 25.7 Å². The molecular formula is C15H28N2O. The zero-order valence-electron chi connectivity index (χ0n) is 11.7. The van der Waals surface area contributed by atoms with Crippen molar-refractivity contribution in [2.75, 3.05) is 32.8 Å². The fraction of sp³-hybridized carbons (Fsp3) is 1.00. The van der Waals surface area contributed by atoms with Gasteiger partial charge in [-0.15, -0.1) is 0 Å². The summed E-state index contributed by atoms with van der Waals surface area (Å²) in [5.74, 6) is 1.69. The van der Waals surface area contributed by atoms with Gasteiger partial charge in [-0.1, -0.05) is 6.92 Å².